The molecule has 0 saturated heterocycles. The molecule has 0 aromatic rings. The van der Waals surface area contributed by atoms with Crippen molar-refractivity contribution in [1.82, 2.24) is 0 Å². The molecule has 0 amide bonds. The average Bonchev–Trinajstić information content (AvgIpc) is 2.53. The fourth-order valence-electron chi connectivity index (χ4n) is 5.40. The van der Waals surface area contributed by atoms with E-state index < -0.39 is 35.1 Å². The third kappa shape index (κ3) is 3.29. The smallest absolute Gasteiger partial charge is 0.434 e. The second-order valence-corrected chi connectivity index (χ2v) is 7.67. The summed E-state index contributed by atoms with van der Waals surface area (Å²) in [6, 6.07) is 0. The quantitative estimate of drug-likeness (QED) is 0.551. The molecule has 8 heteroatoms. The number of hydrogen-bond acceptors (Lipinski definition) is 8. The maximum Gasteiger partial charge on any atom is 0.516 e. The van der Waals surface area contributed by atoms with Crippen molar-refractivity contribution in [2.75, 3.05) is 13.2 Å². The summed E-state index contributed by atoms with van der Waals surface area (Å²) in [4.78, 5) is 48.5. The minimum atomic E-state index is -1.02. The lowest BCUT2D eigenvalue weighted by Crippen LogP contribution is -2.58. The first-order valence-corrected chi connectivity index (χ1v) is 9.10. The van der Waals surface area contributed by atoms with Crippen molar-refractivity contribution in [1.29, 1.82) is 0 Å². The molecular weight excluding hydrogens is 344 g/mol. The summed E-state index contributed by atoms with van der Waals surface area (Å²) < 4.78 is 19.1. The zero-order chi connectivity index (χ0) is 18.9. The average molecular weight is 368 g/mol. The molecular formula is C18H24O8. The standard InChI is InChI=1S/C18H24O8/c1-3-23-15(21)25-13(19)17-6-11-5-12(7-17)9-18(8-11,10-17)14(20)26-16(22)24-4-2/h11-12H,3-10H2,1-2H3. The van der Waals surface area contributed by atoms with E-state index >= 15 is 0 Å². The highest BCUT2D eigenvalue weighted by molar-refractivity contribution is 5.90. The van der Waals surface area contributed by atoms with Crippen LogP contribution in [-0.4, -0.2) is 37.5 Å². The van der Waals surface area contributed by atoms with E-state index in [2.05, 4.69) is 0 Å². The lowest BCUT2D eigenvalue weighted by Gasteiger charge is -2.59. The van der Waals surface area contributed by atoms with Gasteiger partial charge in [0.15, 0.2) is 0 Å². The van der Waals surface area contributed by atoms with Gasteiger partial charge in [0.2, 0.25) is 0 Å². The van der Waals surface area contributed by atoms with Gasteiger partial charge in [0.1, 0.15) is 0 Å². The topological polar surface area (TPSA) is 105 Å². The van der Waals surface area contributed by atoms with Crippen LogP contribution in [0.25, 0.3) is 0 Å². The van der Waals surface area contributed by atoms with Gasteiger partial charge < -0.3 is 18.9 Å². The van der Waals surface area contributed by atoms with Gasteiger partial charge in [-0.2, -0.15) is 0 Å². The minimum Gasteiger partial charge on any atom is -0.434 e. The van der Waals surface area contributed by atoms with Crippen LogP contribution in [0.15, 0.2) is 0 Å². The molecule has 0 heterocycles. The Kier molecular flexibility index (Phi) is 4.94. The number of rotatable bonds is 4. The molecule has 4 aliphatic carbocycles. The van der Waals surface area contributed by atoms with Crippen molar-refractivity contribution in [2.24, 2.45) is 22.7 Å². The molecule has 4 saturated carbocycles. The van der Waals surface area contributed by atoms with Gasteiger partial charge in [0.05, 0.1) is 24.0 Å². The Morgan fingerprint density at radius 1 is 0.769 bits per heavy atom. The van der Waals surface area contributed by atoms with Crippen LogP contribution in [-0.2, 0) is 28.5 Å². The zero-order valence-corrected chi connectivity index (χ0v) is 15.1. The van der Waals surface area contributed by atoms with Crippen LogP contribution in [0.1, 0.15) is 52.4 Å². The zero-order valence-electron chi connectivity index (χ0n) is 15.1. The van der Waals surface area contributed by atoms with E-state index in [0.717, 1.165) is 6.42 Å². The first kappa shape index (κ1) is 18.7. The van der Waals surface area contributed by atoms with Gasteiger partial charge in [0.25, 0.3) is 0 Å². The Labute approximate surface area is 151 Å². The van der Waals surface area contributed by atoms with Gasteiger partial charge >= 0.3 is 24.2 Å². The lowest BCUT2D eigenvalue weighted by molar-refractivity contribution is -0.189. The van der Waals surface area contributed by atoms with Crippen LogP contribution < -0.4 is 0 Å². The van der Waals surface area contributed by atoms with Crippen LogP contribution in [0.2, 0.25) is 0 Å². The van der Waals surface area contributed by atoms with E-state index in [1.54, 1.807) is 13.8 Å². The van der Waals surface area contributed by atoms with Crippen LogP contribution in [0, 0.1) is 22.7 Å². The largest absolute Gasteiger partial charge is 0.516 e. The van der Waals surface area contributed by atoms with E-state index in [0.29, 0.717) is 25.7 Å². The number of ether oxygens (including phenoxy) is 4. The Bertz CT molecular complexity index is 561. The van der Waals surface area contributed by atoms with Crippen molar-refractivity contribution < 1.29 is 38.1 Å². The predicted molar refractivity (Wildman–Crippen MR) is 85.8 cm³/mol. The van der Waals surface area contributed by atoms with Gasteiger partial charge in [-0.05, 0) is 64.2 Å². The molecule has 4 rings (SSSR count). The molecule has 0 N–H and O–H groups in total. The van der Waals surface area contributed by atoms with Crippen LogP contribution >= 0.6 is 0 Å². The Hall–Kier alpha value is -2.12. The second-order valence-electron chi connectivity index (χ2n) is 7.67. The summed E-state index contributed by atoms with van der Waals surface area (Å²) in [7, 11) is 0. The molecule has 0 aliphatic heterocycles. The van der Waals surface area contributed by atoms with Gasteiger partial charge in [-0.3, -0.25) is 9.59 Å². The van der Waals surface area contributed by atoms with Crippen molar-refractivity contribution in [3.05, 3.63) is 0 Å². The van der Waals surface area contributed by atoms with Crippen LogP contribution in [0.3, 0.4) is 0 Å². The molecule has 0 aromatic carbocycles. The van der Waals surface area contributed by atoms with Gasteiger partial charge in [0, 0.05) is 0 Å². The summed E-state index contributed by atoms with van der Waals surface area (Å²) in [6.07, 6.45) is 1.44. The molecule has 144 valence electrons. The van der Waals surface area contributed by atoms with E-state index in [4.69, 9.17) is 18.9 Å². The second kappa shape index (κ2) is 6.89. The maximum atomic E-state index is 12.7. The SMILES string of the molecule is CCOC(=O)OC(=O)C12CC3CC(C1)CC(C(=O)OC(=O)OCC)(C3)C2. The summed E-state index contributed by atoms with van der Waals surface area (Å²) in [5.74, 6) is -0.946. The summed E-state index contributed by atoms with van der Waals surface area (Å²) in [5.41, 5.74) is -1.80. The summed E-state index contributed by atoms with van der Waals surface area (Å²) in [6.45, 7) is 3.47. The number of carbonyl (C=O) groups excluding carboxylic acids is 4. The van der Waals surface area contributed by atoms with E-state index in [-0.39, 0.29) is 31.5 Å². The first-order chi connectivity index (χ1) is 12.3. The molecule has 0 spiro atoms. The predicted octanol–water partition coefficient (Wildman–Crippen LogP) is 2.97. The normalized spacial score (nSPS) is 34.1. The highest BCUT2D eigenvalue weighted by Crippen LogP contribution is 2.66. The number of carbonyl (C=O) groups is 4. The molecule has 0 aromatic heterocycles. The van der Waals surface area contributed by atoms with Crippen molar-refractivity contribution in [3.8, 4) is 0 Å². The molecule has 26 heavy (non-hydrogen) atoms. The highest BCUT2D eigenvalue weighted by atomic mass is 16.7. The Morgan fingerprint density at radius 3 is 1.50 bits per heavy atom. The number of hydrogen-bond donors (Lipinski definition) is 0. The molecule has 4 bridgehead atoms. The van der Waals surface area contributed by atoms with Crippen LogP contribution in [0.4, 0.5) is 9.59 Å². The Morgan fingerprint density at radius 2 is 1.15 bits per heavy atom. The highest BCUT2D eigenvalue weighted by Gasteiger charge is 2.65. The lowest BCUT2D eigenvalue weighted by atomic mass is 9.44. The minimum absolute atomic E-state index is 0.111. The van der Waals surface area contributed by atoms with Gasteiger partial charge in [-0.25, -0.2) is 9.59 Å². The van der Waals surface area contributed by atoms with Crippen molar-refractivity contribution >= 4 is 24.2 Å². The molecule has 4 aliphatic rings. The van der Waals surface area contributed by atoms with Gasteiger partial charge in [-0.1, -0.05) is 0 Å². The molecule has 0 radical (unpaired) electrons. The monoisotopic (exact) mass is 368 g/mol. The summed E-state index contributed by atoms with van der Waals surface area (Å²) >= 11 is 0. The fraction of sp³-hybridized carbons (Fsp3) is 0.778. The van der Waals surface area contributed by atoms with Gasteiger partial charge in [-0.15, -0.1) is 0 Å². The van der Waals surface area contributed by atoms with Crippen molar-refractivity contribution in [2.45, 2.75) is 52.4 Å². The van der Waals surface area contributed by atoms with E-state index in [9.17, 15) is 19.2 Å². The number of esters is 2. The molecule has 8 nitrogen and oxygen atoms in total. The van der Waals surface area contributed by atoms with Crippen LogP contribution in [0.5, 0.6) is 0 Å². The summed E-state index contributed by atoms with van der Waals surface area (Å²) in [5, 5.41) is 0. The van der Waals surface area contributed by atoms with E-state index in [1.807, 2.05) is 0 Å². The van der Waals surface area contributed by atoms with E-state index in [1.165, 1.54) is 0 Å². The molecule has 0 atom stereocenters. The molecule has 0 unspecified atom stereocenters. The third-order valence-electron chi connectivity index (χ3n) is 5.80. The first-order valence-electron chi connectivity index (χ1n) is 9.10. The third-order valence-corrected chi connectivity index (χ3v) is 5.80. The molecule has 4 fully saturated rings. The van der Waals surface area contributed by atoms with Crippen molar-refractivity contribution in [3.63, 3.8) is 0 Å². The maximum absolute atomic E-state index is 12.7. The fourth-order valence-corrected chi connectivity index (χ4v) is 5.40. The Balaban J connectivity index is 1.78.